The van der Waals surface area contributed by atoms with Crippen LogP contribution in [-0.4, -0.2) is 34.7 Å². The molecule has 3 rings (SSSR count). The molecule has 0 amide bonds. The Labute approximate surface area is 155 Å². The lowest BCUT2D eigenvalue weighted by atomic mass is 9.84. The van der Waals surface area contributed by atoms with E-state index in [2.05, 4.69) is 24.0 Å². The molecular weight excluding hydrogens is 329 g/mol. The van der Waals surface area contributed by atoms with Crippen LogP contribution in [0.15, 0.2) is 48.5 Å². The molecule has 0 bridgehead atoms. The number of piperidine rings is 1. The van der Waals surface area contributed by atoms with Crippen LogP contribution >= 0.6 is 0 Å². The lowest BCUT2D eigenvalue weighted by Gasteiger charge is -2.38. The van der Waals surface area contributed by atoms with Crippen LogP contribution in [0.1, 0.15) is 48.5 Å². The third kappa shape index (κ3) is 4.70. The van der Waals surface area contributed by atoms with E-state index >= 15 is 0 Å². The van der Waals surface area contributed by atoms with Crippen LogP contribution in [0.25, 0.3) is 0 Å². The molecule has 1 unspecified atom stereocenters. The summed E-state index contributed by atoms with van der Waals surface area (Å²) in [5, 5.41) is 21.2. The van der Waals surface area contributed by atoms with Gasteiger partial charge in [0.05, 0.1) is 11.7 Å². The molecule has 3 nitrogen and oxygen atoms in total. The zero-order chi connectivity index (χ0) is 18.6. The summed E-state index contributed by atoms with van der Waals surface area (Å²) in [4.78, 5) is 2.35. The molecule has 2 aromatic carbocycles. The molecule has 1 aliphatic rings. The van der Waals surface area contributed by atoms with Crippen LogP contribution in [0.2, 0.25) is 0 Å². The molecule has 0 aromatic heterocycles. The number of aryl methyl sites for hydroxylation is 1. The van der Waals surface area contributed by atoms with Gasteiger partial charge in [0.2, 0.25) is 0 Å². The number of hydrogen-bond acceptors (Lipinski definition) is 3. The van der Waals surface area contributed by atoms with Gasteiger partial charge in [-0.05, 0) is 62.4 Å². The van der Waals surface area contributed by atoms with Gasteiger partial charge in [0.1, 0.15) is 5.82 Å². The summed E-state index contributed by atoms with van der Waals surface area (Å²) < 4.78 is 12.9. The zero-order valence-electron chi connectivity index (χ0n) is 15.4. The van der Waals surface area contributed by atoms with Crippen LogP contribution in [0.5, 0.6) is 0 Å². The van der Waals surface area contributed by atoms with Crippen LogP contribution in [0.4, 0.5) is 4.39 Å². The first kappa shape index (κ1) is 19.0. The molecule has 1 heterocycles. The molecule has 4 heteroatoms. The monoisotopic (exact) mass is 357 g/mol. The van der Waals surface area contributed by atoms with Crippen molar-refractivity contribution in [1.82, 2.24) is 4.90 Å². The highest BCUT2D eigenvalue weighted by atomic mass is 19.1. The number of likely N-dealkylation sites (tertiary alicyclic amines) is 1. The maximum atomic E-state index is 12.9. The minimum Gasteiger partial charge on any atom is -0.388 e. The van der Waals surface area contributed by atoms with Crippen molar-refractivity contribution in [3.05, 3.63) is 71.0 Å². The normalized spacial score (nSPS) is 18.6. The molecule has 1 saturated heterocycles. The fraction of sp³-hybridized carbons (Fsp3) is 0.455. The molecule has 2 aromatic rings. The molecule has 1 atom stereocenters. The Morgan fingerprint density at radius 3 is 2.27 bits per heavy atom. The average Bonchev–Trinajstić information content (AvgIpc) is 2.64. The number of aliphatic hydroxyl groups excluding tert-OH is 1. The smallest absolute Gasteiger partial charge is 0.123 e. The van der Waals surface area contributed by atoms with Crippen molar-refractivity contribution >= 4 is 0 Å². The van der Waals surface area contributed by atoms with Gasteiger partial charge in [0.15, 0.2) is 0 Å². The fourth-order valence-electron chi connectivity index (χ4n) is 3.66. The van der Waals surface area contributed by atoms with Gasteiger partial charge in [-0.15, -0.1) is 0 Å². The standard InChI is InChI=1S/C22H28FNO2/c1-17-4-8-19(9-5-17)22(26)12-15-24(16-13-22)14-2-3-21(25)18-6-10-20(23)11-7-18/h4-11,21,25-26H,2-3,12-16H2,1H3. The van der Waals surface area contributed by atoms with Crippen molar-refractivity contribution in [2.75, 3.05) is 19.6 Å². The molecule has 0 aliphatic carbocycles. The van der Waals surface area contributed by atoms with Crippen LogP contribution in [0.3, 0.4) is 0 Å². The number of halogens is 1. The minimum atomic E-state index is -0.724. The van der Waals surface area contributed by atoms with E-state index in [1.54, 1.807) is 12.1 Å². The second-order valence-corrected chi connectivity index (χ2v) is 7.45. The van der Waals surface area contributed by atoms with E-state index in [9.17, 15) is 14.6 Å². The van der Waals surface area contributed by atoms with Crippen molar-refractivity contribution in [3.8, 4) is 0 Å². The Hall–Kier alpha value is -1.75. The highest BCUT2D eigenvalue weighted by molar-refractivity contribution is 5.27. The van der Waals surface area contributed by atoms with Crippen LogP contribution < -0.4 is 0 Å². The van der Waals surface area contributed by atoms with E-state index in [1.165, 1.54) is 17.7 Å². The number of hydrogen-bond donors (Lipinski definition) is 2. The van der Waals surface area contributed by atoms with E-state index in [-0.39, 0.29) is 5.82 Å². The van der Waals surface area contributed by atoms with Crippen molar-refractivity contribution < 1.29 is 14.6 Å². The van der Waals surface area contributed by atoms with Gasteiger partial charge in [-0.25, -0.2) is 4.39 Å². The maximum absolute atomic E-state index is 12.9. The Balaban J connectivity index is 1.44. The Morgan fingerprint density at radius 1 is 1.04 bits per heavy atom. The number of benzene rings is 2. The van der Waals surface area contributed by atoms with E-state index in [4.69, 9.17) is 0 Å². The first-order valence-electron chi connectivity index (χ1n) is 9.42. The number of nitrogens with zero attached hydrogens (tertiary/aromatic N) is 1. The summed E-state index contributed by atoms with van der Waals surface area (Å²) in [6, 6.07) is 14.2. The summed E-state index contributed by atoms with van der Waals surface area (Å²) in [5.41, 5.74) is 2.25. The highest BCUT2D eigenvalue weighted by Crippen LogP contribution is 2.33. The summed E-state index contributed by atoms with van der Waals surface area (Å²) in [5.74, 6) is -0.282. The third-order valence-electron chi connectivity index (χ3n) is 5.48. The summed E-state index contributed by atoms with van der Waals surface area (Å²) in [6.45, 7) is 4.67. The first-order chi connectivity index (χ1) is 12.5. The fourth-order valence-corrected chi connectivity index (χ4v) is 3.66. The van der Waals surface area contributed by atoms with E-state index in [0.29, 0.717) is 6.42 Å². The van der Waals surface area contributed by atoms with Crippen LogP contribution in [-0.2, 0) is 5.60 Å². The van der Waals surface area contributed by atoms with Gasteiger partial charge in [-0.3, -0.25) is 0 Å². The predicted octanol–water partition coefficient (Wildman–Crippen LogP) is 3.93. The SMILES string of the molecule is Cc1ccc(C2(O)CCN(CCCC(O)c3ccc(F)cc3)CC2)cc1. The minimum absolute atomic E-state index is 0.282. The lowest BCUT2D eigenvalue weighted by molar-refractivity contribution is -0.0266. The largest absolute Gasteiger partial charge is 0.388 e. The lowest BCUT2D eigenvalue weighted by Crippen LogP contribution is -2.42. The molecule has 140 valence electrons. The summed E-state index contributed by atoms with van der Waals surface area (Å²) in [7, 11) is 0. The molecule has 0 radical (unpaired) electrons. The third-order valence-corrected chi connectivity index (χ3v) is 5.48. The van der Waals surface area contributed by atoms with E-state index in [1.807, 2.05) is 12.1 Å². The highest BCUT2D eigenvalue weighted by Gasteiger charge is 2.33. The van der Waals surface area contributed by atoms with E-state index < -0.39 is 11.7 Å². The molecular formula is C22H28FNO2. The second kappa shape index (κ2) is 8.30. The van der Waals surface area contributed by atoms with Crippen molar-refractivity contribution in [3.63, 3.8) is 0 Å². The van der Waals surface area contributed by atoms with Gasteiger partial charge >= 0.3 is 0 Å². The second-order valence-electron chi connectivity index (χ2n) is 7.45. The van der Waals surface area contributed by atoms with Crippen molar-refractivity contribution in [2.24, 2.45) is 0 Å². The van der Waals surface area contributed by atoms with Crippen molar-refractivity contribution in [2.45, 2.75) is 44.3 Å². The number of aliphatic hydroxyl groups is 2. The average molecular weight is 357 g/mol. The van der Waals surface area contributed by atoms with Crippen LogP contribution in [0, 0.1) is 12.7 Å². The topological polar surface area (TPSA) is 43.7 Å². The zero-order valence-corrected chi connectivity index (χ0v) is 15.4. The molecule has 26 heavy (non-hydrogen) atoms. The van der Waals surface area contributed by atoms with Gasteiger partial charge in [-0.1, -0.05) is 42.0 Å². The molecule has 1 aliphatic heterocycles. The summed E-state index contributed by atoms with van der Waals surface area (Å²) >= 11 is 0. The molecule has 2 N–H and O–H groups in total. The maximum Gasteiger partial charge on any atom is 0.123 e. The number of rotatable bonds is 6. The van der Waals surface area contributed by atoms with Crippen molar-refractivity contribution in [1.29, 1.82) is 0 Å². The Kier molecular flexibility index (Phi) is 6.07. The molecule has 0 spiro atoms. The Morgan fingerprint density at radius 2 is 1.65 bits per heavy atom. The predicted molar refractivity (Wildman–Crippen MR) is 101 cm³/mol. The molecule has 1 fully saturated rings. The quantitative estimate of drug-likeness (QED) is 0.823. The van der Waals surface area contributed by atoms with Gasteiger partial charge in [-0.2, -0.15) is 0 Å². The summed E-state index contributed by atoms with van der Waals surface area (Å²) in [6.07, 6.45) is 2.45. The molecule has 0 saturated carbocycles. The van der Waals surface area contributed by atoms with E-state index in [0.717, 1.165) is 50.0 Å². The Bertz CT molecular complexity index is 691. The first-order valence-corrected chi connectivity index (χ1v) is 9.42. The van der Waals surface area contributed by atoms with Gasteiger partial charge < -0.3 is 15.1 Å². The van der Waals surface area contributed by atoms with Gasteiger partial charge in [0.25, 0.3) is 0 Å². The van der Waals surface area contributed by atoms with Gasteiger partial charge in [0, 0.05) is 13.1 Å².